The van der Waals surface area contributed by atoms with Crippen LogP contribution in [0.4, 0.5) is 17.1 Å². The zero-order valence-corrected chi connectivity index (χ0v) is 14.0. The quantitative estimate of drug-likeness (QED) is 0.346. The molecule has 0 atom stereocenters. The van der Waals surface area contributed by atoms with E-state index >= 15 is 0 Å². The molecule has 0 spiro atoms. The Morgan fingerprint density at radius 1 is 0.654 bits per heavy atom. The molecule has 4 nitrogen and oxygen atoms in total. The van der Waals surface area contributed by atoms with Gasteiger partial charge in [0.05, 0.1) is 11.4 Å². The lowest BCUT2D eigenvalue weighted by Crippen LogP contribution is -2.07. The third-order valence-corrected chi connectivity index (χ3v) is 4.12. The van der Waals surface area contributed by atoms with E-state index in [1.54, 1.807) is 17.1 Å². The summed E-state index contributed by atoms with van der Waals surface area (Å²) < 4.78 is 0. The number of phenols is 1. The molecule has 4 heteroatoms. The van der Waals surface area contributed by atoms with Gasteiger partial charge in [-0.05, 0) is 35.7 Å². The highest BCUT2D eigenvalue weighted by Crippen LogP contribution is 2.34. The fourth-order valence-electron chi connectivity index (χ4n) is 2.84. The third-order valence-electron chi connectivity index (χ3n) is 4.12. The van der Waals surface area contributed by atoms with Gasteiger partial charge in [-0.25, -0.2) is 5.01 Å². The predicted octanol–water partition coefficient (Wildman–Crippen LogP) is 6.38. The molecule has 0 radical (unpaired) electrons. The SMILES string of the molecule is Oc1ccccc1N(N=Nc1cccc2ccccc12)c1ccccc1. The number of benzene rings is 4. The number of aromatic hydroxyl groups is 1. The van der Waals surface area contributed by atoms with E-state index in [1.165, 1.54) is 0 Å². The highest BCUT2D eigenvalue weighted by molar-refractivity contribution is 5.92. The van der Waals surface area contributed by atoms with Crippen LogP contribution in [0.5, 0.6) is 5.75 Å². The van der Waals surface area contributed by atoms with E-state index in [9.17, 15) is 5.11 Å². The summed E-state index contributed by atoms with van der Waals surface area (Å²) in [7, 11) is 0. The van der Waals surface area contributed by atoms with E-state index < -0.39 is 0 Å². The van der Waals surface area contributed by atoms with E-state index in [-0.39, 0.29) is 5.75 Å². The minimum Gasteiger partial charge on any atom is -0.506 e. The van der Waals surface area contributed by atoms with Crippen molar-refractivity contribution in [2.45, 2.75) is 0 Å². The minimum atomic E-state index is 0.147. The fourth-order valence-corrected chi connectivity index (χ4v) is 2.84. The number of phenolic OH excluding ortho intramolecular Hbond substituents is 1. The van der Waals surface area contributed by atoms with Crippen LogP contribution in [0.1, 0.15) is 0 Å². The summed E-state index contributed by atoms with van der Waals surface area (Å²) in [4.78, 5) is 0. The molecule has 0 aliphatic carbocycles. The van der Waals surface area contributed by atoms with Crippen molar-refractivity contribution in [3.8, 4) is 5.75 Å². The predicted molar refractivity (Wildman–Crippen MR) is 105 cm³/mol. The zero-order valence-electron chi connectivity index (χ0n) is 14.0. The summed E-state index contributed by atoms with van der Waals surface area (Å²) in [5, 5.41) is 23.0. The molecule has 126 valence electrons. The van der Waals surface area contributed by atoms with E-state index in [2.05, 4.69) is 10.3 Å². The Bertz CT molecular complexity index is 1060. The van der Waals surface area contributed by atoms with Crippen LogP contribution in [0.2, 0.25) is 0 Å². The zero-order chi connectivity index (χ0) is 17.8. The highest BCUT2D eigenvalue weighted by Gasteiger charge is 2.12. The van der Waals surface area contributed by atoms with Gasteiger partial charge in [-0.15, -0.1) is 5.11 Å². The van der Waals surface area contributed by atoms with Gasteiger partial charge in [-0.1, -0.05) is 72.0 Å². The Labute approximate surface area is 151 Å². The molecule has 0 saturated carbocycles. The average molecular weight is 339 g/mol. The lowest BCUT2D eigenvalue weighted by Gasteiger charge is -2.18. The molecule has 4 aromatic rings. The molecule has 4 rings (SSSR count). The molecular formula is C22H17N3O. The van der Waals surface area contributed by atoms with Crippen molar-refractivity contribution < 1.29 is 5.11 Å². The van der Waals surface area contributed by atoms with Crippen LogP contribution in [0.15, 0.2) is 107 Å². The largest absolute Gasteiger partial charge is 0.506 e. The van der Waals surface area contributed by atoms with Gasteiger partial charge in [0.25, 0.3) is 0 Å². The normalized spacial score (nSPS) is 11.1. The highest BCUT2D eigenvalue weighted by atomic mass is 16.3. The number of fused-ring (bicyclic) bond motifs is 1. The van der Waals surface area contributed by atoms with Crippen molar-refractivity contribution in [3.63, 3.8) is 0 Å². The molecule has 0 heterocycles. The molecule has 0 aliphatic rings. The second kappa shape index (κ2) is 7.07. The number of para-hydroxylation sites is 3. The molecule has 1 N–H and O–H groups in total. The number of rotatable bonds is 4. The molecule has 0 saturated heterocycles. The fraction of sp³-hybridized carbons (Fsp3) is 0. The number of hydrogen-bond donors (Lipinski definition) is 1. The van der Waals surface area contributed by atoms with Crippen LogP contribution in [0, 0.1) is 0 Å². The molecule has 0 fully saturated rings. The van der Waals surface area contributed by atoms with Crippen LogP contribution < -0.4 is 5.01 Å². The lowest BCUT2D eigenvalue weighted by molar-refractivity contribution is 0.475. The van der Waals surface area contributed by atoms with Gasteiger partial charge in [0.2, 0.25) is 0 Å². The summed E-state index contributed by atoms with van der Waals surface area (Å²) in [6.45, 7) is 0. The summed E-state index contributed by atoms with van der Waals surface area (Å²) in [5.41, 5.74) is 2.17. The van der Waals surface area contributed by atoms with Crippen LogP contribution in [-0.4, -0.2) is 5.11 Å². The van der Waals surface area contributed by atoms with Gasteiger partial charge in [-0.3, -0.25) is 0 Å². The van der Waals surface area contributed by atoms with Gasteiger partial charge in [-0.2, -0.15) is 0 Å². The topological polar surface area (TPSA) is 48.2 Å². The molecule has 0 amide bonds. The van der Waals surface area contributed by atoms with Gasteiger partial charge in [0.15, 0.2) is 0 Å². The summed E-state index contributed by atoms with van der Waals surface area (Å²) in [6, 6.07) is 30.7. The van der Waals surface area contributed by atoms with Crippen LogP contribution in [0.25, 0.3) is 10.8 Å². The van der Waals surface area contributed by atoms with Crippen molar-refractivity contribution in [1.29, 1.82) is 0 Å². The maximum absolute atomic E-state index is 10.3. The van der Waals surface area contributed by atoms with Crippen molar-refractivity contribution >= 4 is 27.8 Å². The van der Waals surface area contributed by atoms with Crippen molar-refractivity contribution in [2.24, 2.45) is 10.3 Å². The van der Waals surface area contributed by atoms with E-state index in [0.717, 1.165) is 22.1 Å². The molecular weight excluding hydrogens is 322 g/mol. The summed E-state index contributed by atoms with van der Waals surface area (Å²) in [5.74, 6) is 0.147. The molecule has 0 bridgehead atoms. The van der Waals surface area contributed by atoms with E-state index in [0.29, 0.717) is 5.69 Å². The standard InChI is InChI=1S/C22H17N3O/c26-22-16-7-6-15-21(22)25(18-11-2-1-3-12-18)24-23-20-14-8-10-17-9-4-5-13-19(17)20/h1-16,26H. The second-order valence-electron chi connectivity index (χ2n) is 5.82. The van der Waals surface area contributed by atoms with Crippen molar-refractivity contribution in [2.75, 3.05) is 5.01 Å². The number of hydrogen-bond acceptors (Lipinski definition) is 3. The van der Waals surface area contributed by atoms with Gasteiger partial charge < -0.3 is 5.11 Å². The van der Waals surface area contributed by atoms with Crippen molar-refractivity contribution in [1.82, 2.24) is 0 Å². The van der Waals surface area contributed by atoms with Crippen molar-refractivity contribution in [3.05, 3.63) is 97.1 Å². The lowest BCUT2D eigenvalue weighted by atomic mass is 10.1. The van der Waals surface area contributed by atoms with Crippen LogP contribution in [0.3, 0.4) is 0 Å². The number of nitrogens with zero attached hydrogens (tertiary/aromatic N) is 3. The first kappa shape index (κ1) is 15.8. The molecule has 4 aromatic carbocycles. The molecule has 0 unspecified atom stereocenters. The van der Waals surface area contributed by atoms with Gasteiger partial charge in [0.1, 0.15) is 11.4 Å². The number of anilines is 2. The minimum absolute atomic E-state index is 0.147. The van der Waals surface area contributed by atoms with E-state index in [1.807, 2.05) is 84.9 Å². The first-order valence-electron chi connectivity index (χ1n) is 8.35. The van der Waals surface area contributed by atoms with Gasteiger partial charge in [0, 0.05) is 5.39 Å². The summed E-state index contributed by atoms with van der Waals surface area (Å²) in [6.07, 6.45) is 0. The Morgan fingerprint density at radius 3 is 2.19 bits per heavy atom. The van der Waals surface area contributed by atoms with Crippen LogP contribution >= 0.6 is 0 Å². The first-order valence-corrected chi connectivity index (χ1v) is 8.35. The maximum Gasteiger partial charge on any atom is 0.141 e. The molecule has 0 aliphatic heterocycles. The Hall–Kier alpha value is -3.66. The molecule has 0 aromatic heterocycles. The average Bonchev–Trinajstić information content (AvgIpc) is 2.70. The van der Waals surface area contributed by atoms with Crippen LogP contribution in [-0.2, 0) is 0 Å². The third kappa shape index (κ3) is 3.13. The smallest absolute Gasteiger partial charge is 0.141 e. The Morgan fingerprint density at radius 2 is 1.35 bits per heavy atom. The second-order valence-corrected chi connectivity index (χ2v) is 5.82. The van der Waals surface area contributed by atoms with Gasteiger partial charge >= 0.3 is 0 Å². The first-order chi connectivity index (χ1) is 12.8. The Balaban J connectivity index is 1.80. The summed E-state index contributed by atoms with van der Waals surface area (Å²) >= 11 is 0. The monoisotopic (exact) mass is 339 g/mol. The molecule has 26 heavy (non-hydrogen) atoms. The maximum atomic E-state index is 10.3. The van der Waals surface area contributed by atoms with E-state index in [4.69, 9.17) is 0 Å². The Kier molecular flexibility index (Phi) is 4.31.